The van der Waals surface area contributed by atoms with Crippen molar-refractivity contribution < 1.29 is 18.1 Å². The Morgan fingerprint density at radius 3 is 1.29 bits per heavy atom. The minimum atomic E-state index is -1.33. The number of hydrogen-bond donors (Lipinski definition) is 2. The highest BCUT2D eigenvalue weighted by atomic mass is 35.7. The summed E-state index contributed by atoms with van der Waals surface area (Å²) in [5.74, 6) is 3.42. The Morgan fingerprint density at radius 1 is 0.658 bits per heavy atom. The molecule has 0 aromatic heterocycles. The highest BCUT2D eigenvalue weighted by Crippen LogP contribution is 2.53. The molecule has 2 aliphatic heterocycles. The quantitative estimate of drug-likeness (QED) is 0.238. The van der Waals surface area contributed by atoms with Crippen molar-refractivity contribution in [1.82, 2.24) is 9.99 Å². The Labute approximate surface area is 232 Å². The molecule has 0 fully saturated rings. The highest BCUT2D eigenvalue weighted by molar-refractivity contribution is 7.76. The van der Waals surface area contributed by atoms with E-state index in [1.165, 1.54) is 26.7 Å². The van der Waals surface area contributed by atoms with Crippen LogP contribution in [0.4, 0.5) is 0 Å². The van der Waals surface area contributed by atoms with Gasteiger partial charge in [0, 0.05) is 0 Å². The molecule has 204 valence electrons. The van der Waals surface area contributed by atoms with Gasteiger partial charge in [-0.05, 0) is 80.0 Å². The predicted octanol–water partition coefficient (Wildman–Crippen LogP) is 8.06. The van der Waals surface area contributed by atoms with Gasteiger partial charge in [-0.2, -0.15) is 0 Å². The summed E-state index contributed by atoms with van der Waals surface area (Å²) in [6, 6.07) is 23.8. The van der Waals surface area contributed by atoms with Gasteiger partial charge in [0.15, 0.2) is 0 Å². The molecule has 0 atom stereocenters. The average Bonchev–Trinajstić information content (AvgIpc) is 2.96. The van der Waals surface area contributed by atoms with Crippen molar-refractivity contribution in [3.05, 3.63) is 72.8 Å². The molecule has 4 aromatic rings. The largest absolute Gasteiger partial charge is 0.426 e. The number of hydrogen-bond acceptors (Lipinski definition) is 7. The molecular formula is C28H36ClN3O4P2. The van der Waals surface area contributed by atoms with Crippen LogP contribution in [0.3, 0.4) is 0 Å². The molecule has 10 heteroatoms. The molecule has 0 amide bonds. The molecule has 3 N–H and O–H groups in total. The SMILES string of the molecule is CCN(CC)CC.CN.CNP1Oc2cccc3cccc(c23)O1.ClP1Oc2cccc3cccc(c23)O1. The monoisotopic (exact) mass is 575 g/mol. The van der Waals surface area contributed by atoms with Gasteiger partial charge in [0.1, 0.15) is 23.0 Å². The third kappa shape index (κ3) is 7.39. The lowest BCUT2D eigenvalue weighted by Gasteiger charge is -2.24. The van der Waals surface area contributed by atoms with Gasteiger partial charge >= 0.3 is 16.3 Å². The first-order valence-corrected chi connectivity index (χ1v) is 15.8. The van der Waals surface area contributed by atoms with Crippen LogP contribution < -0.4 is 28.9 Å². The first kappa shape index (κ1) is 30.2. The first-order chi connectivity index (χ1) is 18.6. The van der Waals surface area contributed by atoms with Crippen LogP contribution in [0.25, 0.3) is 21.5 Å². The van der Waals surface area contributed by atoms with E-state index in [0.29, 0.717) is 0 Å². The summed E-state index contributed by atoms with van der Waals surface area (Å²) in [5.41, 5.74) is 4.50. The molecule has 0 aliphatic carbocycles. The molecule has 0 bridgehead atoms. The summed E-state index contributed by atoms with van der Waals surface area (Å²) in [5, 5.41) is 7.34. The molecule has 4 aromatic carbocycles. The third-order valence-electron chi connectivity index (χ3n) is 5.88. The molecule has 0 saturated heterocycles. The van der Waals surface area contributed by atoms with Gasteiger partial charge in [-0.3, -0.25) is 0 Å². The first-order valence-electron chi connectivity index (χ1n) is 12.6. The Hall–Kier alpha value is -2.37. The van der Waals surface area contributed by atoms with Crippen molar-refractivity contribution in [2.75, 3.05) is 33.7 Å². The van der Waals surface area contributed by atoms with E-state index in [0.717, 1.165) is 44.5 Å². The van der Waals surface area contributed by atoms with E-state index in [-0.39, 0.29) is 0 Å². The van der Waals surface area contributed by atoms with E-state index >= 15 is 0 Å². The third-order valence-corrected chi connectivity index (χ3v) is 8.07. The van der Waals surface area contributed by atoms with Crippen LogP contribution in [0.2, 0.25) is 0 Å². The zero-order valence-electron chi connectivity index (χ0n) is 22.5. The summed E-state index contributed by atoms with van der Waals surface area (Å²) < 4.78 is 22.2. The normalized spacial score (nSPS) is 13.4. The summed E-state index contributed by atoms with van der Waals surface area (Å²) in [6.07, 6.45) is 0. The molecular weight excluding hydrogens is 540 g/mol. The lowest BCUT2D eigenvalue weighted by molar-refractivity contribution is 0.321. The zero-order valence-corrected chi connectivity index (χ0v) is 25.0. The fourth-order valence-electron chi connectivity index (χ4n) is 3.98. The summed E-state index contributed by atoms with van der Waals surface area (Å²) in [7, 11) is 0.969. The smallest absolute Gasteiger partial charge is 0.401 e. The molecule has 2 heterocycles. The van der Waals surface area contributed by atoms with Crippen molar-refractivity contribution in [3.8, 4) is 23.0 Å². The molecule has 0 radical (unpaired) electrons. The van der Waals surface area contributed by atoms with E-state index in [1.807, 2.05) is 67.7 Å². The molecule has 7 nitrogen and oxygen atoms in total. The zero-order chi connectivity index (χ0) is 27.5. The van der Waals surface area contributed by atoms with E-state index in [2.05, 4.69) is 48.6 Å². The Morgan fingerprint density at radius 2 is 1.00 bits per heavy atom. The molecule has 0 saturated carbocycles. The topological polar surface area (TPSA) is 78.2 Å². The van der Waals surface area contributed by atoms with Crippen LogP contribution in [0.1, 0.15) is 20.8 Å². The lowest BCUT2D eigenvalue weighted by atomic mass is 10.1. The highest BCUT2D eigenvalue weighted by Gasteiger charge is 2.23. The van der Waals surface area contributed by atoms with Crippen molar-refractivity contribution in [3.63, 3.8) is 0 Å². The van der Waals surface area contributed by atoms with Crippen LogP contribution in [-0.2, 0) is 0 Å². The van der Waals surface area contributed by atoms with Gasteiger partial charge in [-0.15, -0.1) is 0 Å². The van der Waals surface area contributed by atoms with Gasteiger partial charge < -0.3 is 28.7 Å². The van der Waals surface area contributed by atoms with Crippen LogP contribution in [-0.4, -0.2) is 38.6 Å². The second-order valence-electron chi connectivity index (χ2n) is 7.90. The number of nitrogens with zero attached hydrogens (tertiary/aromatic N) is 1. The second-order valence-corrected chi connectivity index (χ2v) is 10.8. The maximum absolute atomic E-state index is 5.85. The lowest BCUT2D eigenvalue weighted by Crippen LogP contribution is -2.21. The van der Waals surface area contributed by atoms with Gasteiger partial charge in [0.2, 0.25) is 0 Å². The maximum Gasteiger partial charge on any atom is 0.401 e. The number of nitrogens with two attached hydrogens (primary N) is 1. The number of benzene rings is 4. The summed E-state index contributed by atoms with van der Waals surface area (Å²) in [6.45, 7) is 10.1. The van der Waals surface area contributed by atoms with E-state index in [9.17, 15) is 0 Å². The van der Waals surface area contributed by atoms with Gasteiger partial charge in [0.25, 0.3) is 0 Å². The molecule has 0 spiro atoms. The van der Waals surface area contributed by atoms with E-state index < -0.39 is 16.3 Å². The van der Waals surface area contributed by atoms with Gasteiger partial charge in [0.05, 0.1) is 10.8 Å². The van der Waals surface area contributed by atoms with Crippen molar-refractivity contribution in [2.24, 2.45) is 5.73 Å². The van der Waals surface area contributed by atoms with Crippen LogP contribution in [0, 0.1) is 0 Å². The number of nitrogens with one attached hydrogen (secondary N) is 1. The summed E-state index contributed by atoms with van der Waals surface area (Å²) >= 11 is 5.85. The fraction of sp³-hybridized carbons (Fsp3) is 0.286. The van der Waals surface area contributed by atoms with Crippen LogP contribution in [0.5, 0.6) is 23.0 Å². The molecule has 2 aliphatic rings. The standard InChI is InChI=1S/C11H10NO2P.C10H6ClO2P.C6H15N.CH5N/c1-12-15-13-9-6-2-4-8-5-3-7-10(14-15)11(8)9;11-14-12-8-5-1-3-7-4-2-6-9(13-14)10(7)8;1-4-7(5-2)6-3;1-2/h2-7,12H,1H3;1-6H;4-6H2,1-3H3;2H2,1H3. The van der Waals surface area contributed by atoms with Crippen LogP contribution >= 0.6 is 27.5 Å². The van der Waals surface area contributed by atoms with E-state index in [1.54, 1.807) is 0 Å². The Bertz CT molecular complexity index is 1220. The molecule has 6 rings (SSSR count). The predicted molar refractivity (Wildman–Crippen MR) is 163 cm³/mol. The fourth-order valence-corrected chi connectivity index (χ4v) is 5.96. The second kappa shape index (κ2) is 15.3. The van der Waals surface area contributed by atoms with E-state index in [4.69, 9.17) is 29.3 Å². The van der Waals surface area contributed by atoms with Crippen molar-refractivity contribution in [1.29, 1.82) is 0 Å². The minimum Gasteiger partial charge on any atom is -0.426 e. The Kier molecular flexibility index (Phi) is 12.1. The average molecular weight is 576 g/mol. The van der Waals surface area contributed by atoms with Gasteiger partial charge in [-0.1, -0.05) is 69.3 Å². The van der Waals surface area contributed by atoms with Crippen molar-refractivity contribution >= 4 is 49.0 Å². The molecule has 0 unspecified atom stereocenters. The van der Waals surface area contributed by atoms with Crippen molar-refractivity contribution in [2.45, 2.75) is 20.8 Å². The maximum atomic E-state index is 5.85. The number of halogens is 1. The molecule has 38 heavy (non-hydrogen) atoms. The van der Waals surface area contributed by atoms with Gasteiger partial charge in [-0.25, -0.2) is 5.09 Å². The minimum absolute atomic E-state index is 0.811. The Balaban J connectivity index is 0.000000163. The summed E-state index contributed by atoms with van der Waals surface area (Å²) in [4.78, 5) is 2.38. The number of rotatable bonds is 4. The van der Waals surface area contributed by atoms with Crippen LogP contribution in [0.15, 0.2) is 72.8 Å².